The first-order chi connectivity index (χ1) is 8.84. The lowest BCUT2D eigenvalue weighted by atomic mass is 10.0. The Morgan fingerprint density at radius 2 is 2.22 bits per heavy atom. The van der Waals surface area contributed by atoms with E-state index in [1.165, 1.54) is 0 Å². The van der Waals surface area contributed by atoms with Crippen LogP contribution in [0.3, 0.4) is 0 Å². The second kappa shape index (κ2) is 4.86. The maximum absolute atomic E-state index is 12.3. The zero-order valence-corrected chi connectivity index (χ0v) is 10.1. The number of ketones is 1. The van der Waals surface area contributed by atoms with Crippen LogP contribution in [-0.2, 0) is 0 Å². The molecule has 1 atom stereocenters. The minimum atomic E-state index is 0.0196. The highest BCUT2D eigenvalue weighted by atomic mass is 16.1. The highest BCUT2D eigenvalue weighted by Gasteiger charge is 2.20. The predicted octanol–water partition coefficient (Wildman–Crippen LogP) is 2.37. The first kappa shape index (κ1) is 11.4. The molecule has 1 fully saturated rings. The molecule has 18 heavy (non-hydrogen) atoms. The lowest BCUT2D eigenvalue weighted by Crippen LogP contribution is -2.25. The van der Waals surface area contributed by atoms with Crippen molar-refractivity contribution in [2.24, 2.45) is 0 Å². The van der Waals surface area contributed by atoms with E-state index in [1.807, 2.05) is 30.3 Å². The van der Waals surface area contributed by atoms with Gasteiger partial charge in [0.25, 0.3) is 0 Å². The molecule has 0 spiro atoms. The van der Waals surface area contributed by atoms with Gasteiger partial charge in [-0.25, -0.2) is 0 Å². The Labute approximate surface area is 106 Å². The van der Waals surface area contributed by atoms with Crippen LogP contribution in [0.1, 0.15) is 23.3 Å². The molecular weight excluding hydrogens is 224 g/mol. The van der Waals surface area contributed by atoms with E-state index < -0.39 is 0 Å². The Morgan fingerprint density at radius 3 is 3.06 bits per heavy atom. The lowest BCUT2D eigenvalue weighted by Gasteiger charge is -2.09. The van der Waals surface area contributed by atoms with E-state index in [-0.39, 0.29) is 11.8 Å². The first-order valence-electron chi connectivity index (χ1n) is 6.31. The average Bonchev–Trinajstić information content (AvgIpc) is 2.91. The summed E-state index contributed by atoms with van der Waals surface area (Å²) in [5.74, 6) is 0.0196. The number of carbonyl (C=O) groups excluding carboxylic acids is 1. The van der Waals surface area contributed by atoms with E-state index in [4.69, 9.17) is 0 Å². The van der Waals surface area contributed by atoms with Crippen molar-refractivity contribution in [3.05, 3.63) is 48.6 Å². The molecule has 1 N–H and O–H groups in total. The topological polar surface area (TPSA) is 42.0 Å². The first-order valence-corrected chi connectivity index (χ1v) is 6.31. The fourth-order valence-corrected chi connectivity index (χ4v) is 2.43. The summed E-state index contributed by atoms with van der Waals surface area (Å²) >= 11 is 0. The minimum Gasteiger partial charge on any atom is -0.313 e. The van der Waals surface area contributed by atoms with Crippen molar-refractivity contribution in [2.45, 2.75) is 18.9 Å². The van der Waals surface area contributed by atoms with Crippen LogP contribution >= 0.6 is 0 Å². The summed E-state index contributed by atoms with van der Waals surface area (Å²) in [5, 5.41) is 5.29. The number of hydrogen-bond donors (Lipinski definition) is 1. The van der Waals surface area contributed by atoms with Crippen molar-refractivity contribution < 1.29 is 4.79 Å². The molecule has 0 bridgehead atoms. The predicted molar refractivity (Wildman–Crippen MR) is 71.4 cm³/mol. The van der Waals surface area contributed by atoms with Gasteiger partial charge in [-0.1, -0.05) is 24.3 Å². The van der Waals surface area contributed by atoms with Gasteiger partial charge < -0.3 is 5.32 Å². The summed E-state index contributed by atoms with van der Waals surface area (Å²) in [5.41, 5.74) is 0.557. The SMILES string of the molecule is O=C([CH][C@H]1CCCN1)c1nccc2ccccc12. The summed E-state index contributed by atoms with van der Waals surface area (Å²) in [6.07, 6.45) is 5.64. The van der Waals surface area contributed by atoms with E-state index in [9.17, 15) is 4.79 Å². The van der Waals surface area contributed by atoms with Crippen LogP contribution < -0.4 is 5.32 Å². The number of hydrogen-bond acceptors (Lipinski definition) is 3. The molecule has 0 unspecified atom stereocenters. The number of rotatable bonds is 3. The van der Waals surface area contributed by atoms with Crippen molar-refractivity contribution in [1.82, 2.24) is 10.3 Å². The Kier molecular flexibility index (Phi) is 3.07. The van der Waals surface area contributed by atoms with E-state index in [2.05, 4.69) is 10.3 Å². The highest BCUT2D eigenvalue weighted by Crippen LogP contribution is 2.19. The second-order valence-electron chi connectivity index (χ2n) is 4.61. The van der Waals surface area contributed by atoms with Gasteiger partial charge in [0.05, 0.1) is 6.42 Å². The van der Waals surface area contributed by atoms with E-state index in [1.54, 1.807) is 12.6 Å². The van der Waals surface area contributed by atoms with Gasteiger partial charge in [-0.3, -0.25) is 9.78 Å². The normalized spacial score (nSPS) is 19.2. The van der Waals surface area contributed by atoms with Crippen molar-refractivity contribution >= 4 is 16.6 Å². The largest absolute Gasteiger partial charge is 0.313 e. The molecule has 2 aromatic rings. The van der Waals surface area contributed by atoms with Crippen LogP contribution in [0.4, 0.5) is 0 Å². The average molecular weight is 239 g/mol. The third-order valence-corrected chi connectivity index (χ3v) is 3.36. The van der Waals surface area contributed by atoms with Gasteiger partial charge in [0, 0.05) is 17.6 Å². The highest BCUT2D eigenvalue weighted by molar-refractivity contribution is 6.10. The molecule has 91 valence electrons. The molecule has 3 rings (SSSR count). The molecule has 3 heteroatoms. The quantitative estimate of drug-likeness (QED) is 0.836. The number of aromatic nitrogens is 1. The monoisotopic (exact) mass is 239 g/mol. The van der Waals surface area contributed by atoms with Gasteiger partial charge in [0.1, 0.15) is 5.69 Å². The number of Topliss-reactive ketones (excluding diaryl/α,β-unsaturated/α-hetero) is 1. The minimum absolute atomic E-state index is 0.0196. The Balaban J connectivity index is 1.91. The Morgan fingerprint density at radius 1 is 1.33 bits per heavy atom. The number of pyridine rings is 1. The summed E-state index contributed by atoms with van der Waals surface area (Å²) in [6.45, 7) is 0.997. The van der Waals surface area contributed by atoms with Crippen molar-refractivity contribution in [2.75, 3.05) is 6.54 Å². The van der Waals surface area contributed by atoms with Gasteiger partial charge in [0.15, 0.2) is 5.78 Å². The van der Waals surface area contributed by atoms with Gasteiger partial charge in [-0.2, -0.15) is 0 Å². The van der Waals surface area contributed by atoms with Crippen LogP contribution in [0.2, 0.25) is 0 Å². The third kappa shape index (κ3) is 2.14. The Bertz CT molecular complexity index is 568. The van der Waals surface area contributed by atoms with Gasteiger partial charge >= 0.3 is 0 Å². The molecule has 1 aliphatic rings. The molecule has 2 heterocycles. The van der Waals surface area contributed by atoms with Crippen LogP contribution in [0.25, 0.3) is 10.8 Å². The van der Waals surface area contributed by atoms with Crippen LogP contribution in [0.15, 0.2) is 36.5 Å². The molecule has 1 saturated heterocycles. The van der Waals surface area contributed by atoms with Gasteiger partial charge in [-0.05, 0) is 30.8 Å². The fraction of sp³-hybridized carbons (Fsp3) is 0.267. The fourth-order valence-electron chi connectivity index (χ4n) is 2.43. The smallest absolute Gasteiger partial charge is 0.187 e. The standard InChI is InChI=1S/C15H15N2O/c18-14(10-12-5-3-8-16-12)15-13-6-2-1-4-11(13)7-9-17-15/h1-2,4,6-7,9-10,12,16H,3,5,8H2/t12-/m1/s1. The zero-order valence-electron chi connectivity index (χ0n) is 10.1. The van der Waals surface area contributed by atoms with Crippen LogP contribution in [0, 0.1) is 6.42 Å². The van der Waals surface area contributed by atoms with Gasteiger partial charge in [0.2, 0.25) is 0 Å². The van der Waals surface area contributed by atoms with Crippen molar-refractivity contribution in [3.8, 4) is 0 Å². The number of benzene rings is 1. The molecule has 1 radical (unpaired) electrons. The summed E-state index contributed by atoms with van der Waals surface area (Å²) in [6, 6.07) is 10.00. The molecule has 0 saturated carbocycles. The van der Waals surface area contributed by atoms with E-state index in [0.717, 1.165) is 30.2 Å². The number of fused-ring (bicyclic) bond motifs is 1. The molecule has 3 nitrogen and oxygen atoms in total. The lowest BCUT2D eigenvalue weighted by molar-refractivity contribution is 0.102. The number of nitrogens with one attached hydrogen (secondary N) is 1. The number of nitrogens with zero attached hydrogens (tertiary/aromatic N) is 1. The van der Waals surface area contributed by atoms with Crippen LogP contribution in [-0.4, -0.2) is 23.4 Å². The second-order valence-corrected chi connectivity index (χ2v) is 4.61. The van der Waals surface area contributed by atoms with E-state index >= 15 is 0 Å². The summed E-state index contributed by atoms with van der Waals surface area (Å²) < 4.78 is 0. The maximum atomic E-state index is 12.3. The summed E-state index contributed by atoms with van der Waals surface area (Å²) in [4.78, 5) is 16.5. The third-order valence-electron chi connectivity index (χ3n) is 3.36. The molecule has 1 aliphatic heterocycles. The Hall–Kier alpha value is -1.74. The van der Waals surface area contributed by atoms with Crippen molar-refractivity contribution in [1.29, 1.82) is 0 Å². The molecule has 0 amide bonds. The summed E-state index contributed by atoms with van der Waals surface area (Å²) in [7, 11) is 0. The molecule has 0 aliphatic carbocycles. The zero-order chi connectivity index (χ0) is 12.4. The van der Waals surface area contributed by atoms with Crippen LogP contribution in [0.5, 0.6) is 0 Å². The number of carbonyl (C=O) groups is 1. The van der Waals surface area contributed by atoms with Crippen molar-refractivity contribution in [3.63, 3.8) is 0 Å². The van der Waals surface area contributed by atoms with E-state index in [0.29, 0.717) is 5.69 Å². The molecular formula is C15H15N2O. The molecule has 1 aromatic carbocycles. The van der Waals surface area contributed by atoms with Gasteiger partial charge in [-0.15, -0.1) is 0 Å². The maximum Gasteiger partial charge on any atom is 0.187 e. The molecule has 1 aromatic heterocycles.